The van der Waals surface area contributed by atoms with Crippen molar-refractivity contribution in [3.05, 3.63) is 34.5 Å². The third-order valence-electron chi connectivity index (χ3n) is 0.836. The lowest BCUT2D eigenvalue weighted by atomic mass is 10.5. The van der Waals surface area contributed by atoms with E-state index < -0.39 is 4.92 Å². The molecule has 0 bridgehead atoms. The fraction of sp³-hybridized carbons (Fsp3) is 0. The van der Waals surface area contributed by atoms with Crippen molar-refractivity contribution in [1.29, 1.82) is 0 Å². The van der Waals surface area contributed by atoms with Crippen molar-refractivity contribution in [1.82, 2.24) is 4.98 Å². The number of nitro groups is 1. The first kappa shape index (κ1) is 8.51. The second kappa shape index (κ2) is 3.52. The van der Waals surface area contributed by atoms with Gasteiger partial charge in [-0.15, -0.1) is 0 Å². The zero-order chi connectivity index (χ0) is 6.69. The van der Waals surface area contributed by atoms with Crippen LogP contribution in [0.1, 0.15) is 0 Å². The molecular formula is C5H6N2O3. The average molecular weight is 142 g/mol. The maximum atomic E-state index is 9.94. The van der Waals surface area contributed by atoms with E-state index in [1.165, 1.54) is 12.3 Å². The zero-order valence-electron chi connectivity index (χ0n) is 5.02. The van der Waals surface area contributed by atoms with Gasteiger partial charge in [-0.25, -0.2) is 0 Å². The van der Waals surface area contributed by atoms with Gasteiger partial charge < -0.3 is 15.6 Å². The molecule has 1 aromatic heterocycles. The quantitative estimate of drug-likeness (QED) is 0.413. The van der Waals surface area contributed by atoms with Crippen LogP contribution in [0.2, 0.25) is 0 Å². The maximum Gasteiger partial charge on any atom is 0.363 e. The topological polar surface area (TPSA) is 87.5 Å². The highest BCUT2D eigenvalue weighted by atomic mass is 16.6. The summed E-state index contributed by atoms with van der Waals surface area (Å²) in [4.78, 5) is 12.9. The summed E-state index contributed by atoms with van der Waals surface area (Å²) in [7, 11) is 0. The molecule has 0 atom stereocenters. The lowest BCUT2D eigenvalue weighted by molar-refractivity contribution is -0.389. The predicted molar refractivity (Wildman–Crippen MR) is 34.5 cm³/mol. The van der Waals surface area contributed by atoms with Crippen LogP contribution in [0.25, 0.3) is 0 Å². The highest BCUT2D eigenvalue weighted by molar-refractivity contribution is 5.16. The summed E-state index contributed by atoms with van der Waals surface area (Å²) in [6.45, 7) is 0. The van der Waals surface area contributed by atoms with Gasteiger partial charge in [0, 0.05) is 6.07 Å². The summed E-state index contributed by atoms with van der Waals surface area (Å²) in [5.74, 6) is -0.113. The molecule has 0 radical (unpaired) electrons. The Labute approximate surface area is 56.8 Å². The van der Waals surface area contributed by atoms with E-state index in [2.05, 4.69) is 4.98 Å². The number of nitrogens with zero attached hydrogens (tertiary/aromatic N) is 2. The van der Waals surface area contributed by atoms with Gasteiger partial charge in [0.05, 0.1) is 0 Å². The Bertz CT molecular complexity index is 211. The fourth-order valence-electron chi connectivity index (χ4n) is 0.462. The van der Waals surface area contributed by atoms with E-state index in [1.807, 2.05) is 0 Å². The molecule has 0 fully saturated rings. The first-order valence-electron chi connectivity index (χ1n) is 2.36. The summed E-state index contributed by atoms with van der Waals surface area (Å²) in [6, 6.07) is 4.55. The molecule has 5 nitrogen and oxygen atoms in total. The molecule has 0 amide bonds. The van der Waals surface area contributed by atoms with Crippen LogP contribution < -0.4 is 0 Å². The van der Waals surface area contributed by atoms with Crippen LogP contribution in [0.15, 0.2) is 24.4 Å². The van der Waals surface area contributed by atoms with Gasteiger partial charge >= 0.3 is 5.82 Å². The molecule has 10 heavy (non-hydrogen) atoms. The first-order chi connectivity index (χ1) is 4.30. The minimum atomic E-state index is -0.528. The van der Waals surface area contributed by atoms with Crippen molar-refractivity contribution in [2.45, 2.75) is 0 Å². The Balaban J connectivity index is 0.000000810. The summed E-state index contributed by atoms with van der Waals surface area (Å²) >= 11 is 0. The number of hydrogen-bond acceptors (Lipinski definition) is 3. The summed E-state index contributed by atoms with van der Waals surface area (Å²) in [5, 5.41) is 9.94. The van der Waals surface area contributed by atoms with Crippen LogP contribution in [0.4, 0.5) is 5.82 Å². The smallest absolute Gasteiger partial charge is 0.363 e. The SMILES string of the molecule is O.O=[N+]([O-])c1ccccn1. The van der Waals surface area contributed by atoms with Gasteiger partial charge in [0.1, 0.15) is 6.20 Å². The predicted octanol–water partition coefficient (Wildman–Crippen LogP) is 0.165. The van der Waals surface area contributed by atoms with Gasteiger partial charge in [0.25, 0.3) is 0 Å². The molecule has 0 saturated carbocycles. The molecule has 0 aliphatic heterocycles. The molecule has 0 spiro atoms. The molecule has 0 unspecified atom stereocenters. The zero-order valence-corrected chi connectivity index (χ0v) is 5.02. The maximum absolute atomic E-state index is 9.94. The summed E-state index contributed by atoms with van der Waals surface area (Å²) < 4.78 is 0. The van der Waals surface area contributed by atoms with E-state index in [-0.39, 0.29) is 11.3 Å². The largest absolute Gasteiger partial charge is 0.412 e. The highest BCUT2D eigenvalue weighted by Gasteiger charge is 2.00. The van der Waals surface area contributed by atoms with E-state index in [1.54, 1.807) is 12.1 Å². The Kier molecular flexibility index (Phi) is 2.99. The summed E-state index contributed by atoms with van der Waals surface area (Å²) in [6.07, 6.45) is 1.39. The molecule has 1 aromatic rings. The molecular weight excluding hydrogens is 136 g/mol. The number of hydrogen-bond donors (Lipinski definition) is 0. The van der Waals surface area contributed by atoms with Crippen LogP contribution in [-0.4, -0.2) is 15.4 Å². The van der Waals surface area contributed by atoms with Gasteiger partial charge in [-0.2, -0.15) is 0 Å². The highest BCUT2D eigenvalue weighted by Crippen LogP contribution is 2.01. The summed E-state index contributed by atoms with van der Waals surface area (Å²) in [5.41, 5.74) is 0. The Morgan fingerprint density at radius 3 is 2.50 bits per heavy atom. The first-order valence-corrected chi connectivity index (χ1v) is 2.36. The van der Waals surface area contributed by atoms with Crippen LogP contribution in [0, 0.1) is 10.1 Å². The second-order valence-electron chi connectivity index (χ2n) is 1.45. The Hall–Kier alpha value is -1.49. The fourth-order valence-corrected chi connectivity index (χ4v) is 0.462. The van der Waals surface area contributed by atoms with Gasteiger partial charge in [-0.3, -0.25) is 0 Å². The van der Waals surface area contributed by atoms with Gasteiger partial charge in [-0.05, 0) is 16.0 Å². The van der Waals surface area contributed by atoms with Crippen molar-refractivity contribution in [2.75, 3.05) is 0 Å². The van der Waals surface area contributed by atoms with E-state index in [4.69, 9.17) is 0 Å². The van der Waals surface area contributed by atoms with Crippen molar-refractivity contribution < 1.29 is 10.4 Å². The van der Waals surface area contributed by atoms with Gasteiger partial charge in [0.15, 0.2) is 0 Å². The van der Waals surface area contributed by atoms with E-state index in [0.29, 0.717) is 0 Å². The Morgan fingerprint density at radius 1 is 1.50 bits per heavy atom. The molecule has 0 aromatic carbocycles. The van der Waals surface area contributed by atoms with Crippen LogP contribution >= 0.6 is 0 Å². The normalized spacial score (nSPS) is 8.00. The van der Waals surface area contributed by atoms with Gasteiger partial charge in [-0.1, -0.05) is 6.07 Å². The molecule has 2 N–H and O–H groups in total. The lowest BCUT2D eigenvalue weighted by Crippen LogP contribution is -1.88. The van der Waals surface area contributed by atoms with Crippen LogP contribution in [0.3, 0.4) is 0 Å². The standard InChI is InChI=1S/C5H4N2O2.H2O/c8-7(9)5-3-1-2-4-6-5;/h1-4H;1H2. The number of aromatic nitrogens is 1. The van der Waals surface area contributed by atoms with Crippen molar-refractivity contribution in [3.8, 4) is 0 Å². The van der Waals surface area contributed by atoms with Crippen molar-refractivity contribution >= 4 is 5.82 Å². The monoisotopic (exact) mass is 142 g/mol. The third kappa shape index (κ3) is 1.79. The van der Waals surface area contributed by atoms with E-state index in [0.717, 1.165) is 0 Å². The molecule has 54 valence electrons. The minimum absolute atomic E-state index is 0. The Morgan fingerprint density at radius 2 is 2.20 bits per heavy atom. The molecule has 0 saturated heterocycles. The molecule has 5 heteroatoms. The minimum Gasteiger partial charge on any atom is -0.412 e. The third-order valence-corrected chi connectivity index (χ3v) is 0.836. The molecule has 0 aliphatic rings. The average Bonchev–Trinajstić information content (AvgIpc) is 1.90. The molecule has 0 aliphatic carbocycles. The van der Waals surface area contributed by atoms with E-state index in [9.17, 15) is 10.1 Å². The van der Waals surface area contributed by atoms with Crippen LogP contribution in [-0.2, 0) is 0 Å². The lowest BCUT2D eigenvalue weighted by Gasteiger charge is -1.86. The number of pyridine rings is 1. The van der Waals surface area contributed by atoms with Crippen molar-refractivity contribution in [3.63, 3.8) is 0 Å². The second-order valence-corrected chi connectivity index (χ2v) is 1.45. The van der Waals surface area contributed by atoms with E-state index >= 15 is 0 Å². The van der Waals surface area contributed by atoms with Gasteiger partial charge in [0.2, 0.25) is 0 Å². The molecule has 1 rings (SSSR count). The molecule has 1 heterocycles. The number of rotatable bonds is 1. The van der Waals surface area contributed by atoms with Crippen molar-refractivity contribution in [2.24, 2.45) is 0 Å². The van der Waals surface area contributed by atoms with Crippen LogP contribution in [0.5, 0.6) is 0 Å².